The first kappa shape index (κ1) is 20.7. The summed E-state index contributed by atoms with van der Waals surface area (Å²) in [5.74, 6) is 0. The zero-order valence-electron chi connectivity index (χ0n) is 19.9. The zero-order valence-corrected chi connectivity index (χ0v) is 19.9. The van der Waals surface area contributed by atoms with E-state index in [2.05, 4.69) is 146 Å². The lowest BCUT2D eigenvalue weighted by Crippen LogP contribution is -1.89. The standard InChI is InChI=1S/C36H24/c1-2-10-25(11-3-1)27-16-8-17-30(22-27)32-20-21-34(33-19-9-15-26-12-6-7-18-31(26)33)36-24-29-14-5-4-13-28(29)23-35(32)36/h1-24H. The average Bonchev–Trinajstić information content (AvgIpc) is 2.96. The molecule has 0 bridgehead atoms. The first-order chi connectivity index (χ1) is 17.8. The van der Waals surface area contributed by atoms with Crippen molar-refractivity contribution in [2.75, 3.05) is 0 Å². The van der Waals surface area contributed by atoms with E-state index in [0.717, 1.165) is 0 Å². The molecule has 0 nitrogen and oxygen atoms in total. The Kier molecular flexibility index (Phi) is 4.89. The zero-order chi connectivity index (χ0) is 23.9. The van der Waals surface area contributed by atoms with Gasteiger partial charge in [0.2, 0.25) is 0 Å². The van der Waals surface area contributed by atoms with Crippen molar-refractivity contribution in [3.63, 3.8) is 0 Å². The summed E-state index contributed by atoms with van der Waals surface area (Å²) in [6.07, 6.45) is 0. The molecule has 0 saturated carbocycles. The molecule has 0 spiro atoms. The van der Waals surface area contributed by atoms with Crippen molar-refractivity contribution in [1.82, 2.24) is 0 Å². The molecule has 0 saturated heterocycles. The van der Waals surface area contributed by atoms with Gasteiger partial charge in [0.1, 0.15) is 0 Å². The minimum Gasteiger partial charge on any atom is -0.0622 e. The van der Waals surface area contributed by atoms with Gasteiger partial charge in [0.05, 0.1) is 0 Å². The SMILES string of the molecule is c1ccc(-c2cccc(-c3ccc(-c4cccc5ccccc45)c4cc5ccccc5cc34)c2)cc1. The Balaban J connectivity index is 1.52. The van der Waals surface area contributed by atoms with E-state index in [1.807, 2.05) is 0 Å². The Morgan fingerprint density at radius 3 is 1.58 bits per heavy atom. The molecule has 0 aliphatic rings. The lowest BCUT2D eigenvalue weighted by atomic mass is 9.88. The molecular formula is C36H24. The summed E-state index contributed by atoms with van der Waals surface area (Å²) in [5, 5.41) is 7.65. The summed E-state index contributed by atoms with van der Waals surface area (Å²) in [7, 11) is 0. The third-order valence-corrected chi connectivity index (χ3v) is 7.24. The van der Waals surface area contributed by atoms with Gasteiger partial charge in [0.15, 0.2) is 0 Å². The fraction of sp³-hybridized carbons (Fsp3) is 0. The van der Waals surface area contributed by atoms with Crippen LogP contribution in [0, 0.1) is 0 Å². The third-order valence-electron chi connectivity index (χ3n) is 7.24. The second-order valence-corrected chi connectivity index (χ2v) is 9.38. The highest BCUT2D eigenvalue weighted by Gasteiger charge is 2.13. The van der Waals surface area contributed by atoms with Gasteiger partial charge in [0.25, 0.3) is 0 Å². The maximum absolute atomic E-state index is 2.37. The van der Waals surface area contributed by atoms with Gasteiger partial charge >= 0.3 is 0 Å². The second-order valence-electron chi connectivity index (χ2n) is 9.38. The van der Waals surface area contributed by atoms with Crippen LogP contribution in [0.25, 0.3) is 65.7 Å². The number of rotatable bonds is 3. The largest absolute Gasteiger partial charge is 0.0622 e. The Labute approximate surface area is 211 Å². The van der Waals surface area contributed by atoms with Gasteiger partial charge in [0, 0.05) is 0 Å². The molecule has 0 aliphatic carbocycles. The molecule has 7 rings (SSSR count). The minimum absolute atomic E-state index is 1.24. The minimum atomic E-state index is 1.24. The molecule has 0 heterocycles. The molecule has 0 heteroatoms. The van der Waals surface area contributed by atoms with Gasteiger partial charge in [-0.25, -0.2) is 0 Å². The highest BCUT2D eigenvalue weighted by Crippen LogP contribution is 2.40. The van der Waals surface area contributed by atoms with E-state index in [9.17, 15) is 0 Å². The van der Waals surface area contributed by atoms with Crippen LogP contribution in [0.3, 0.4) is 0 Å². The maximum atomic E-state index is 2.37. The molecular weight excluding hydrogens is 432 g/mol. The monoisotopic (exact) mass is 456 g/mol. The lowest BCUT2D eigenvalue weighted by molar-refractivity contribution is 1.60. The molecule has 0 atom stereocenters. The summed E-state index contributed by atoms with van der Waals surface area (Å²) < 4.78 is 0. The fourth-order valence-electron chi connectivity index (χ4n) is 5.48. The lowest BCUT2D eigenvalue weighted by Gasteiger charge is -2.16. The predicted molar refractivity (Wildman–Crippen MR) is 155 cm³/mol. The first-order valence-electron chi connectivity index (χ1n) is 12.4. The second kappa shape index (κ2) is 8.52. The molecule has 0 aromatic heterocycles. The maximum Gasteiger partial charge on any atom is -0.00926 e. The Hall–Kier alpha value is -4.68. The number of hydrogen-bond acceptors (Lipinski definition) is 0. The van der Waals surface area contributed by atoms with Crippen molar-refractivity contribution < 1.29 is 0 Å². The van der Waals surface area contributed by atoms with Crippen LogP contribution in [0.4, 0.5) is 0 Å². The van der Waals surface area contributed by atoms with Crippen molar-refractivity contribution in [3.05, 3.63) is 146 Å². The van der Waals surface area contributed by atoms with Crippen molar-refractivity contribution in [1.29, 1.82) is 0 Å². The van der Waals surface area contributed by atoms with Crippen LogP contribution in [-0.4, -0.2) is 0 Å². The van der Waals surface area contributed by atoms with Crippen LogP contribution in [0.15, 0.2) is 146 Å². The van der Waals surface area contributed by atoms with Gasteiger partial charge in [-0.1, -0.05) is 127 Å². The van der Waals surface area contributed by atoms with E-state index in [-0.39, 0.29) is 0 Å². The fourth-order valence-corrected chi connectivity index (χ4v) is 5.48. The molecule has 7 aromatic rings. The smallest absolute Gasteiger partial charge is 0.00926 e. The summed E-state index contributed by atoms with van der Waals surface area (Å²) in [6.45, 7) is 0. The van der Waals surface area contributed by atoms with Gasteiger partial charge in [-0.2, -0.15) is 0 Å². The van der Waals surface area contributed by atoms with Crippen molar-refractivity contribution >= 4 is 32.3 Å². The van der Waals surface area contributed by atoms with Gasteiger partial charge in [-0.05, 0) is 83.9 Å². The highest BCUT2D eigenvalue weighted by atomic mass is 14.2. The molecule has 7 aromatic carbocycles. The van der Waals surface area contributed by atoms with E-state index >= 15 is 0 Å². The van der Waals surface area contributed by atoms with E-state index < -0.39 is 0 Å². The molecule has 0 unspecified atom stereocenters. The Morgan fingerprint density at radius 2 is 0.778 bits per heavy atom. The van der Waals surface area contributed by atoms with Crippen LogP contribution in [0.2, 0.25) is 0 Å². The van der Waals surface area contributed by atoms with E-state index in [1.54, 1.807) is 0 Å². The molecule has 0 amide bonds. The molecule has 0 N–H and O–H groups in total. The van der Waals surface area contributed by atoms with Crippen LogP contribution >= 0.6 is 0 Å². The van der Waals surface area contributed by atoms with E-state index in [4.69, 9.17) is 0 Å². The third kappa shape index (κ3) is 3.47. The van der Waals surface area contributed by atoms with E-state index in [0.29, 0.717) is 0 Å². The van der Waals surface area contributed by atoms with Crippen molar-refractivity contribution in [2.45, 2.75) is 0 Å². The summed E-state index contributed by atoms with van der Waals surface area (Å²) in [5.41, 5.74) is 7.52. The van der Waals surface area contributed by atoms with Crippen LogP contribution in [0.1, 0.15) is 0 Å². The Bertz CT molecular complexity index is 1870. The number of fused-ring (bicyclic) bond motifs is 3. The van der Waals surface area contributed by atoms with Crippen molar-refractivity contribution in [3.8, 4) is 33.4 Å². The van der Waals surface area contributed by atoms with Gasteiger partial charge < -0.3 is 0 Å². The summed E-state index contributed by atoms with van der Waals surface area (Å²) in [6, 6.07) is 52.8. The molecule has 0 fully saturated rings. The van der Waals surface area contributed by atoms with Crippen molar-refractivity contribution in [2.24, 2.45) is 0 Å². The summed E-state index contributed by atoms with van der Waals surface area (Å²) >= 11 is 0. The van der Waals surface area contributed by atoms with Gasteiger partial charge in [-0.15, -0.1) is 0 Å². The topological polar surface area (TPSA) is 0 Å². The highest BCUT2D eigenvalue weighted by molar-refractivity contribution is 6.13. The normalized spacial score (nSPS) is 11.3. The van der Waals surface area contributed by atoms with Crippen LogP contribution in [0.5, 0.6) is 0 Å². The predicted octanol–water partition coefficient (Wildman–Crippen LogP) is 10.1. The molecule has 168 valence electrons. The number of hydrogen-bond donors (Lipinski definition) is 0. The Morgan fingerprint density at radius 1 is 0.250 bits per heavy atom. The summed E-state index contributed by atoms with van der Waals surface area (Å²) in [4.78, 5) is 0. The first-order valence-corrected chi connectivity index (χ1v) is 12.4. The molecule has 36 heavy (non-hydrogen) atoms. The van der Waals surface area contributed by atoms with Gasteiger partial charge in [-0.3, -0.25) is 0 Å². The van der Waals surface area contributed by atoms with Crippen LogP contribution < -0.4 is 0 Å². The van der Waals surface area contributed by atoms with E-state index in [1.165, 1.54) is 65.7 Å². The number of benzene rings is 7. The average molecular weight is 457 g/mol. The van der Waals surface area contributed by atoms with Crippen LogP contribution in [-0.2, 0) is 0 Å². The molecule has 0 aliphatic heterocycles. The molecule has 0 radical (unpaired) electrons. The quantitative estimate of drug-likeness (QED) is 0.232.